The molecule has 0 unspecified atom stereocenters. The van der Waals surface area contributed by atoms with Crippen LogP contribution in [0.4, 0.5) is 5.69 Å². The van der Waals surface area contributed by atoms with Crippen LogP contribution in [-0.2, 0) is 17.1 Å². The smallest absolute Gasteiger partial charge is 0.265 e. The number of rotatable bonds is 5. The second-order valence-electron chi connectivity index (χ2n) is 8.09. The number of aryl methyl sites for hydroxylation is 4. The van der Waals surface area contributed by atoms with Gasteiger partial charge in [-0.15, -0.1) is 11.3 Å². The molecule has 1 amide bonds. The van der Waals surface area contributed by atoms with Crippen molar-refractivity contribution in [1.82, 2.24) is 14.5 Å². The molecular weight excluding hydrogens is 432 g/mol. The third kappa shape index (κ3) is 4.38. The van der Waals surface area contributed by atoms with Crippen molar-refractivity contribution in [2.45, 2.75) is 38.5 Å². The van der Waals surface area contributed by atoms with E-state index in [1.165, 1.54) is 11.3 Å². The number of anilines is 1. The van der Waals surface area contributed by atoms with E-state index in [1.54, 1.807) is 36.0 Å². The van der Waals surface area contributed by atoms with E-state index in [9.17, 15) is 13.2 Å². The van der Waals surface area contributed by atoms with Crippen molar-refractivity contribution in [3.8, 4) is 10.7 Å². The van der Waals surface area contributed by atoms with Crippen LogP contribution in [0.5, 0.6) is 0 Å². The molecule has 0 bridgehead atoms. The van der Waals surface area contributed by atoms with Gasteiger partial charge in [0.15, 0.2) is 0 Å². The SMILES string of the molecule is Cc1cc(C)cc(NS(=O)(=O)c2cc(-c3nc(C)c(C(=O)N4CCCC4)s3)n(C)c2)c1. The normalized spacial score (nSPS) is 14.3. The van der Waals surface area contributed by atoms with Crippen molar-refractivity contribution in [2.75, 3.05) is 17.8 Å². The van der Waals surface area contributed by atoms with Crippen molar-refractivity contribution in [2.24, 2.45) is 7.05 Å². The Kier molecular flexibility index (Phi) is 5.65. The van der Waals surface area contributed by atoms with Gasteiger partial charge in [0, 0.05) is 32.0 Å². The number of carbonyl (C=O) groups is 1. The number of carbonyl (C=O) groups excluding carboxylic acids is 1. The molecule has 0 aliphatic carbocycles. The van der Waals surface area contributed by atoms with Gasteiger partial charge in [0.1, 0.15) is 14.8 Å². The molecule has 2 aromatic heterocycles. The van der Waals surface area contributed by atoms with Crippen molar-refractivity contribution in [3.63, 3.8) is 0 Å². The summed E-state index contributed by atoms with van der Waals surface area (Å²) < 4.78 is 30.3. The van der Waals surface area contributed by atoms with Gasteiger partial charge in [0.25, 0.3) is 15.9 Å². The molecule has 7 nitrogen and oxygen atoms in total. The molecule has 1 aromatic carbocycles. The van der Waals surface area contributed by atoms with Crippen LogP contribution < -0.4 is 4.72 Å². The number of likely N-dealkylation sites (tertiary alicyclic amines) is 1. The highest BCUT2D eigenvalue weighted by Crippen LogP contribution is 2.32. The summed E-state index contributed by atoms with van der Waals surface area (Å²) in [6.45, 7) is 7.24. The number of thiazole rings is 1. The molecular formula is C22H26N4O3S2. The first-order valence-electron chi connectivity index (χ1n) is 10.2. The lowest BCUT2D eigenvalue weighted by molar-refractivity contribution is 0.0796. The molecule has 1 saturated heterocycles. The summed E-state index contributed by atoms with van der Waals surface area (Å²) in [7, 11) is -1.98. The van der Waals surface area contributed by atoms with Crippen LogP contribution in [0.25, 0.3) is 10.7 Å². The summed E-state index contributed by atoms with van der Waals surface area (Å²) in [5, 5.41) is 0.635. The van der Waals surface area contributed by atoms with Gasteiger partial charge in [-0.05, 0) is 62.9 Å². The summed E-state index contributed by atoms with van der Waals surface area (Å²) in [6, 6.07) is 7.20. The average Bonchev–Trinajstić information content (AvgIpc) is 3.39. The van der Waals surface area contributed by atoms with Crippen LogP contribution in [0.1, 0.15) is 39.3 Å². The number of amides is 1. The lowest BCUT2D eigenvalue weighted by Crippen LogP contribution is -2.27. The largest absolute Gasteiger partial charge is 0.347 e. The molecule has 1 aliphatic rings. The van der Waals surface area contributed by atoms with E-state index in [0.717, 1.165) is 37.1 Å². The summed E-state index contributed by atoms with van der Waals surface area (Å²) in [4.78, 5) is 20.0. The standard InChI is InChI=1S/C22H26N4O3S2/c1-14-9-15(2)11-17(10-14)24-31(28,29)18-12-19(25(4)13-18)21-23-16(3)20(30-21)22(27)26-7-5-6-8-26/h9-13,24H,5-8H2,1-4H3. The molecule has 4 rings (SSSR count). The predicted molar refractivity (Wildman–Crippen MR) is 123 cm³/mol. The predicted octanol–water partition coefficient (Wildman–Crippen LogP) is 4.11. The number of hydrogen-bond donors (Lipinski definition) is 1. The Labute approximate surface area is 186 Å². The van der Waals surface area contributed by atoms with Gasteiger partial charge in [-0.1, -0.05) is 6.07 Å². The van der Waals surface area contributed by atoms with E-state index in [4.69, 9.17) is 0 Å². The Morgan fingerprint density at radius 1 is 1.06 bits per heavy atom. The van der Waals surface area contributed by atoms with Crippen LogP contribution in [-0.4, -0.2) is 41.9 Å². The van der Waals surface area contributed by atoms with E-state index in [0.29, 0.717) is 27.0 Å². The summed E-state index contributed by atoms with van der Waals surface area (Å²) in [5.41, 5.74) is 3.84. The molecule has 3 aromatic rings. The zero-order chi connectivity index (χ0) is 22.3. The summed E-state index contributed by atoms with van der Waals surface area (Å²) >= 11 is 1.32. The van der Waals surface area contributed by atoms with E-state index >= 15 is 0 Å². The molecule has 1 fully saturated rings. The minimum atomic E-state index is -3.76. The van der Waals surface area contributed by atoms with Gasteiger partial charge in [-0.25, -0.2) is 13.4 Å². The molecule has 1 N–H and O–H groups in total. The minimum Gasteiger partial charge on any atom is -0.347 e. The van der Waals surface area contributed by atoms with E-state index in [1.807, 2.05) is 31.7 Å². The molecule has 0 radical (unpaired) electrons. The van der Waals surface area contributed by atoms with Crippen molar-refractivity contribution < 1.29 is 13.2 Å². The summed E-state index contributed by atoms with van der Waals surface area (Å²) in [6.07, 6.45) is 3.63. The quantitative estimate of drug-likeness (QED) is 0.624. The van der Waals surface area contributed by atoms with Gasteiger partial charge in [-0.3, -0.25) is 9.52 Å². The second kappa shape index (κ2) is 8.12. The van der Waals surface area contributed by atoms with E-state index in [2.05, 4.69) is 9.71 Å². The maximum Gasteiger partial charge on any atom is 0.265 e. The third-order valence-electron chi connectivity index (χ3n) is 5.37. The fourth-order valence-electron chi connectivity index (χ4n) is 3.91. The number of nitrogens with zero attached hydrogens (tertiary/aromatic N) is 3. The highest BCUT2D eigenvalue weighted by molar-refractivity contribution is 7.92. The Morgan fingerprint density at radius 2 is 1.71 bits per heavy atom. The third-order valence-corrected chi connectivity index (χ3v) is 7.88. The number of aromatic nitrogens is 2. The Balaban J connectivity index is 1.63. The Morgan fingerprint density at radius 3 is 2.35 bits per heavy atom. The first kappa shape index (κ1) is 21.6. The van der Waals surface area contributed by atoms with Crippen LogP contribution in [0.2, 0.25) is 0 Å². The average molecular weight is 459 g/mol. The molecule has 0 atom stereocenters. The number of benzene rings is 1. The first-order chi connectivity index (χ1) is 14.6. The zero-order valence-electron chi connectivity index (χ0n) is 18.1. The molecule has 0 saturated carbocycles. The number of nitrogens with one attached hydrogen (secondary N) is 1. The highest BCUT2D eigenvalue weighted by Gasteiger charge is 2.26. The highest BCUT2D eigenvalue weighted by atomic mass is 32.2. The van der Waals surface area contributed by atoms with Crippen LogP contribution >= 0.6 is 11.3 Å². The van der Waals surface area contributed by atoms with Crippen LogP contribution in [0.3, 0.4) is 0 Å². The second-order valence-corrected chi connectivity index (χ2v) is 10.8. The van der Waals surface area contributed by atoms with Gasteiger partial charge < -0.3 is 9.47 Å². The minimum absolute atomic E-state index is 0.0114. The molecule has 164 valence electrons. The maximum atomic E-state index is 13.0. The fraction of sp³-hybridized carbons (Fsp3) is 0.364. The Bertz CT molecular complexity index is 1230. The van der Waals surface area contributed by atoms with Crippen LogP contribution in [0.15, 0.2) is 35.4 Å². The van der Waals surface area contributed by atoms with Gasteiger partial charge in [0.2, 0.25) is 0 Å². The van der Waals surface area contributed by atoms with Crippen molar-refractivity contribution >= 4 is 33.0 Å². The van der Waals surface area contributed by atoms with E-state index < -0.39 is 10.0 Å². The maximum absolute atomic E-state index is 13.0. The topological polar surface area (TPSA) is 84.3 Å². The van der Waals surface area contributed by atoms with Crippen molar-refractivity contribution in [1.29, 1.82) is 0 Å². The number of sulfonamides is 1. The van der Waals surface area contributed by atoms with Crippen molar-refractivity contribution in [3.05, 3.63) is 52.2 Å². The van der Waals surface area contributed by atoms with Gasteiger partial charge >= 0.3 is 0 Å². The monoisotopic (exact) mass is 458 g/mol. The van der Waals surface area contributed by atoms with E-state index in [-0.39, 0.29) is 10.8 Å². The van der Waals surface area contributed by atoms with Gasteiger partial charge in [-0.2, -0.15) is 0 Å². The lowest BCUT2D eigenvalue weighted by Gasteiger charge is -2.13. The van der Waals surface area contributed by atoms with Gasteiger partial charge in [0.05, 0.1) is 11.4 Å². The first-order valence-corrected chi connectivity index (χ1v) is 12.5. The molecule has 3 heterocycles. The lowest BCUT2D eigenvalue weighted by atomic mass is 10.1. The molecule has 1 aliphatic heterocycles. The molecule has 0 spiro atoms. The summed E-state index contributed by atoms with van der Waals surface area (Å²) in [5.74, 6) is 0.0114. The molecule has 31 heavy (non-hydrogen) atoms. The zero-order valence-corrected chi connectivity index (χ0v) is 19.7. The fourth-order valence-corrected chi connectivity index (χ4v) is 6.11. The van der Waals surface area contributed by atoms with Crippen LogP contribution in [0, 0.1) is 20.8 Å². The number of hydrogen-bond acceptors (Lipinski definition) is 5. The Hall–Kier alpha value is -2.65. The molecule has 9 heteroatoms.